The van der Waals surface area contributed by atoms with Crippen molar-refractivity contribution in [2.45, 2.75) is 32.9 Å². The van der Waals surface area contributed by atoms with Gasteiger partial charge in [-0.05, 0) is 36.5 Å². The minimum absolute atomic E-state index is 0.238. The van der Waals surface area contributed by atoms with Crippen molar-refractivity contribution < 1.29 is 13.5 Å². The van der Waals surface area contributed by atoms with Crippen LogP contribution >= 0.6 is 15.9 Å². The molecule has 0 aliphatic heterocycles. The number of ether oxygens (including phenoxy) is 1. The molecule has 1 fully saturated rings. The third kappa shape index (κ3) is 3.92. The van der Waals surface area contributed by atoms with E-state index < -0.39 is 6.61 Å². The topological polar surface area (TPSA) is 21.3 Å². The lowest BCUT2D eigenvalue weighted by Gasteiger charge is -2.14. The van der Waals surface area contributed by atoms with Crippen molar-refractivity contribution in [3.63, 3.8) is 0 Å². The minimum Gasteiger partial charge on any atom is -0.434 e. The van der Waals surface area contributed by atoms with Gasteiger partial charge in [-0.25, -0.2) is 0 Å². The second-order valence-corrected chi connectivity index (χ2v) is 5.96. The summed E-state index contributed by atoms with van der Waals surface area (Å²) in [6.07, 6.45) is 2.47. The molecule has 2 rings (SSSR count). The Morgan fingerprint density at radius 3 is 2.78 bits per heavy atom. The van der Waals surface area contributed by atoms with Gasteiger partial charge in [0.05, 0.1) is 0 Å². The summed E-state index contributed by atoms with van der Waals surface area (Å²) in [5.74, 6) is 0.238. The van der Waals surface area contributed by atoms with Crippen LogP contribution in [0.4, 0.5) is 8.78 Å². The Morgan fingerprint density at radius 2 is 2.17 bits per heavy atom. The zero-order valence-corrected chi connectivity index (χ0v) is 11.8. The summed E-state index contributed by atoms with van der Waals surface area (Å²) in [6, 6.07) is 5.06. The molecule has 0 spiro atoms. The molecule has 0 radical (unpaired) electrons. The second-order valence-electron chi connectivity index (χ2n) is 5.04. The predicted octanol–water partition coefficient (Wildman–Crippen LogP) is 3.94. The van der Waals surface area contributed by atoms with Gasteiger partial charge in [0.15, 0.2) is 0 Å². The third-order valence-electron chi connectivity index (χ3n) is 3.21. The molecule has 1 aromatic rings. The monoisotopic (exact) mass is 319 g/mol. The molecule has 18 heavy (non-hydrogen) atoms. The number of halogens is 3. The van der Waals surface area contributed by atoms with Gasteiger partial charge in [-0.3, -0.25) is 0 Å². The molecule has 0 bridgehead atoms. The molecule has 0 saturated heterocycles. The Bertz CT molecular complexity index is 421. The van der Waals surface area contributed by atoms with Crippen LogP contribution in [0.2, 0.25) is 0 Å². The van der Waals surface area contributed by atoms with E-state index in [1.165, 1.54) is 12.8 Å². The Morgan fingerprint density at radius 1 is 1.44 bits per heavy atom. The fourth-order valence-corrected chi connectivity index (χ4v) is 2.19. The van der Waals surface area contributed by atoms with E-state index in [4.69, 9.17) is 0 Å². The first-order valence-electron chi connectivity index (χ1n) is 5.92. The SMILES string of the molecule is CC1(CNCc2cc(Br)ccc2OC(F)F)CC1. The molecule has 1 N–H and O–H groups in total. The van der Waals surface area contributed by atoms with Gasteiger partial charge >= 0.3 is 6.61 Å². The number of hydrogen-bond acceptors (Lipinski definition) is 2. The minimum atomic E-state index is -2.79. The highest BCUT2D eigenvalue weighted by molar-refractivity contribution is 9.10. The summed E-state index contributed by atoms with van der Waals surface area (Å²) in [5.41, 5.74) is 1.14. The molecule has 0 aromatic heterocycles. The lowest BCUT2D eigenvalue weighted by molar-refractivity contribution is -0.0505. The lowest BCUT2D eigenvalue weighted by Crippen LogP contribution is -2.22. The van der Waals surface area contributed by atoms with Crippen LogP contribution in [0.5, 0.6) is 5.75 Å². The maximum absolute atomic E-state index is 12.3. The van der Waals surface area contributed by atoms with Crippen LogP contribution in [0, 0.1) is 5.41 Å². The van der Waals surface area contributed by atoms with E-state index in [0.29, 0.717) is 12.0 Å². The summed E-state index contributed by atoms with van der Waals surface area (Å²) in [7, 11) is 0. The number of rotatable bonds is 6. The Kier molecular flexibility index (Phi) is 4.22. The van der Waals surface area contributed by atoms with Gasteiger partial charge in [0, 0.05) is 23.1 Å². The van der Waals surface area contributed by atoms with Gasteiger partial charge in [-0.2, -0.15) is 8.78 Å². The van der Waals surface area contributed by atoms with Crippen molar-refractivity contribution in [3.8, 4) is 5.75 Å². The van der Waals surface area contributed by atoms with Crippen LogP contribution in [-0.4, -0.2) is 13.2 Å². The smallest absolute Gasteiger partial charge is 0.387 e. The van der Waals surface area contributed by atoms with Gasteiger partial charge in [0.2, 0.25) is 0 Å². The van der Waals surface area contributed by atoms with E-state index in [2.05, 4.69) is 32.9 Å². The van der Waals surface area contributed by atoms with E-state index >= 15 is 0 Å². The Labute approximate surface area is 114 Å². The summed E-state index contributed by atoms with van der Waals surface area (Å²) >= 11 is 3.34. The first-order chi connectivity index (χ1) is 8.48. The van der Waals surface area contributed by atoms with Gasteiger partial charge in [-0.1, -0.05) is 22.9 Å². The summed E-state index contributed by atoms with van der Waals surface area (Å²) in [4.78, 5) is 0. The lowest BCUT2D eigenvalue weighted by atomic mass is 10.1. The molecule has 1 aromatic carbocycles. The fourth-order valence-electron chi connectivity index (χ4n) is 1.79. The maximum Gasteiger partial charge on any atom is 0.387 e. The zero-order valence-electron chi connectivity index (χ0n) is 10.2. The molecule has 1 saturated carbocycles. The summed E-state index contributed by atoms with van der Waals surface area (Å²) in [6.45, 7) is 0.883. The van der Waals surface area contributed by atoms with E-state index in [1.807, 2.05) is 0 Å². The molecule has 0 unspecified atom stereocenters. The summed E-state index contributed by atoms with van der Waals surface area (Å²) in [5, 5.41) is 3.30. The maximum atomic E-state index is 12.3. The van der Waals surface area contributed by atoms with E-state index in [9.17, 15) is 8.78 Å². The van der Waals surface area contributed by atoms with Crippen molar-refractivity contribution in [2.24, 2.45) is 5.41 Å². The predicted molar refractivity (Wildman–Crippen MR) is 69.8 cm³/mol. The number of nitrogens with one attached hydrogen (secondary N) is 1. The molecule has 0 heterocycles. The average Bonchev–Trinajstić information content (AvgIpc) is 3.00. The first-order valence-corrected chi connectivity index (χ1v) is 6.72. The van der Waals surface area contributed by atoms with Crippen LogP contribution in [0.25, 0.3) is 0 Å². The van der Waals surface area contributed by atoms with Crippen molar-refractivity contribution in [1.29, 1.82) is 0 Å². The quantitative estimate of drug-likeness (QED) is 0.857. The second kappa shape index (κ2) is 5.53. The largest absolute Gasteiger partial charge is 0.434 e. The molecule has 0 atom stereocenters. The van der Waals surface area contributed by atoms with Crippen molar-refractivity contribution in [2.75, 3.05) is 6.54 Å². The Balaban J connectivity index is 1.97. The van der Waals surface area contributed by atoms with Crippen LogP contribution in [0.3, 0.4) is 0 Å². The van der Waals surface area contributed by atoms with Gasteiger partial charge in [-0.15, -0.1) is 0 Å². The molecule has 100 valence electrons. The molecule has 5 heteroatoms. The van der Waals surface area contributed by atoms with Crippen molar-refractivity contribution in [3.05, 3.63) is 28.2 Å². The molecule has 1 aliphatic rings. The highest BCUT2D eigenvalue weighted by atomic mass is 79.9. The van der Waals surface area contributed by atoms with E-state index in [-0.39, 0.29) is 5.75 Å². The zero-order chi connectivity index (χ0) is 13.2. The molecular weight excluding hydrogens is 304 g/mol. The summed E-state index contributed by atoms with van der Waals surface area (Å²) < 4.78 is 29.9. The third-order valence-corrected chi connectivity index (χ3v) is 3.70. The van der Waals surface area contributed by atoms with Crippen LogP contribution in [0.15, 0.2) is 22.7 Å². The fraction of sp³-hybridized carbons (Fsp3) is 0.538. The van der Waals surface area contributed by atoms with Gasteiger partial charge in [0.25, 0.3) is 0 Å². The van der Waals surface area contributed by atoms with Crippen molar-refractivity contribution >= 4 is 15.9 Å². The standard InChI is InChI=1S/C13H16BrF2NO/c1-13(4-5-13)8-17-7-9-6-10(14)2-3-11(9)18-12(15)16/h2-3,6,12,17H,4-5,7-8H2,1H3. The van der Waals surface area contributed by atoms with Crippen LogP contribution < -0.4 is 10.1 Å². The Hall–Kier alpha value is -0.680. The van der Waals surface area contributed by atoms with Crippen LogP contribution in [0.1, 0.15) is 25.3 Å². The van der Waals surface area contributed by atoms with Gasteiger partial charge < -0.3 is 10.1 Å². The van der Waals surface area contributed by atoms with E-state index in [1.54, 1.807) is 18.2 Å². The average molecular weight is 320 g/mol. The molecule has 1 aliphatic carbocycles. The van der Waals surface area contributed by atoms with Crippen molar-refractivity contribution in [1.82, 2.24) is 5.32 Å². The number of benzene rings is 1. The highest BCUT2D eigenvalue weighted by Gasteiger charge is 2.36. The number of hydrogen-bond donors (Lipinski definition) is 1. The van der Waals surface area contributed by atoms with Gasteiger partial charge in [0.1, 0.15) is 5.75 Å². The van der Waals surface area contributed by atoms with Crippen LogP contribution in [-0.2, 0) is 6.54 Å². The van der Waals surface area contributed by atoms with E-state index in [0.717, 1.165) is 16.6 Å². The normalized spacial score (nSPS) is 16.9. The molecule has 0 amide bonds. The molecule has 2 nitrogen and oxygen atoms in total. The first kappa shape index (κ1) is 13.7. The molecular formula is C13H16BrF2NO. The number of alkyl halides is 2. The highest BCUT2D eigenvalue weighted by Crippen LogP contribution is 2.44.